The van der Waals surface area contributed by atoms with Crippen LogP contribution in [0.3, 0.4) is 0 Å². The van der Waals surface area contributed by atoms with E-state index in [1.807, 2.05) is 0 Å². The number of nitrogens with zero attached hydrogens (tertiary/aromatic N) is 3. The quantitative estimate of drug-likeness (QED) is 0.678. The van der Waals surface area contributed by atoms with Gasteiger partial charge in [-0.3, -0.25) is 14.4 Å². The van der Waals surface area contributed by atoms with E-state index in [1.54, 1.807) is 0 Å². The number of carboxylic acid groups (broad SMARTS) is 1. The molecule has 0 atom stereocenters. The fraction of sp³-hybridized carbons (Fsp3) is 0.600. The summed E-state index contributed by atoms with van der Waals surface area (Å²) < 4.78 is 0. The van der Waals surface area contributed by atoms with E-state index in [0.717, 1.165) is 5.01 Å². The highest BCUT2D eigenvalue weighted by Gasteiger charge is 2.38. The molecule has 17 heavy (non-hydrogen) atoms. The van der Waals surface area contributed by atoms with Crippen LogP contribution in [0.4, 0.5) is 0 Å². The molecule has 0 aliphatic carbocycles. The van der Waals surface area contributed by atoms with Gasteiger partial charge in [0.25, 0.3) is 5.91 Å². The van der Waals surface area contributed by atoms with Crippen LogP contribution < -0.4 is 0 Å². The number of carboxylic acids is 1. The molecule has 0 aromatic rings. The number of hydrazone groups is 1. The summed E-state index contributed by atoms with van der Waals surface area (Å²) in [5, 5.41) is 13.8. The molecule has 2 aliphatic heterocycles. The lowest BCUT2D eigenvalue weighted by Gasteiger charge is -2.37. The number of hydrogen-bond acceptors (Lipinski definition) is 4. The first-order valence-corrected chi connectivity index (χ1v) is 5.35. The second kappa shape index (κ2) is 4.15. The molecule has 0 saturated carbocycles. The normalized spacial score (nSPS) is 21.0. The molecule has 1 fully saturated rings. The SMILES string of the molecule is CN1N=C(C(=O)N2CC(C(=O)O)C2)CCC1=O. The number of likely N-dealkylation sites (tertiary alicyclic amines) is 1. The van der Waals surface area contributed by atoms with Crippen molar-refractivity contribution in [1.82, 2.24) is 9.91 Å². The van der Waals surface area contributed by atoms with Crippen LogP contribution in [-0.2, 0) is 14.4 Å². The van der Waals surface area contributed by atoms with Crippen LogP contribution in [0, 0.1) is 5.92 Å². The summed E-state index contributed by atoms with van der Waals surface area (Å²) in [6.07, 6.45) is 0.605. The Morgan fingerprint density at radius 3 is 2.53 bits per heavy atom. The van der Waals surface area contributed by atoms with Crippen LogP contribution in [0.25, 0.3) is 0 Å². The topological polar surface area (TPSA) is 90.3 Å². The van der Waals surface area contributed by atoms with Crippen LogP contribution in [0.15, 0.2) is 5.10 Å². The number of carbonyl (C=O) groups is 3. The highest BCUT2D eigenvalue weighted by Crippen LogP contribution is 2.18. The zero-order chi connectivity index (χ0) is 12.6. The number of hydrogen-bond donors (Lipinski definition) is 1. The maximum atomic E-state index is 11.9. The van der Waals surface area contributed by atoms with Gasteiger partial charge in [0.15, 0.2) is 0 Å². The first-order valence-electron chi connectivity index (χ1n) is 5.35. The minimum atomic E-state index is -0.882. The number of carbonyl (C=O) groups excluding carboxylic acids is 2. The first-order chi connectivity index (χ1) is 7.99. The van der Waals surface area contributed by atoms with Gasteiger partial charge in [-0.15, -0.1) is 0 Å². The Hall–Kier alpha value is -1.92. The summed E-state index contributed by atoms with van der Waals surface area (Å²) in [6.45, 7) is 0.454. The monoisotopic (exact) mass is 239 g/mol. The van der Waals surface area contributed by atoms with Crippen molar-refractivity contribution >= 4 is 23.5 Å². The molecule has 0 unspecified atom stereocenters. The Morgan fingerprint density at radius 2 is 2.00 bits per heavy atom. The molecule has 1 N–H and O–H groups in total. The molecule has 0 bridgehead atoms. The molecular formula is C10H13N3O4. The van der Waals surface area contributed by atoms with Gasteiger partial charge in [0.2, 0.25) is 5.91 Å². The maximum absolute atomic E-state index is 11.9. The maximum Gasteiger partial charge on any atom is 0.310 e. The molecule has 7 nitrogen and oxygen atoms in total. The fourth-order valence-electron chi connectivity index (χ4n) is 1.81. The van der Waals surface area contributed by atoms with E-state index in [-0.39, 0.29) is 31.3 Å². The summed E-state index contributed by atoms with van der Waals surface area (Å²) in [6, 6.07) is 0. The Morgan fingerprint density at radius 1 is 1.35 bits per heavy atom. The molecule has 2 rings (SSSR count). The zero-order valence-corrected chi connectivity index (χ0v) is 9.42. The lowest BCUT2D eigenvalue weighted by atomic mass is 9.99. The van der Waals surface area contributed by atoms with Crippen LogP contribution in [0.1, 0.15) is 12.8 Å². The third-order valence-corrected chi connectivity index (χ3v) is 2.97. The van der Waals surface area contributed by atoms with Gasteiger partial charge in [0.1, 0.15) is 5.71 Å². The molecule has 92 valence electrons. The summed E-state index contributed by atoms with van der Waals surface area (Å²) in [5.41, 5.74) is 0.330. The van der Waals surface area contributed by atoms with Gasteiger partial charge in [-0.25, -0.2) is 5.01 Å². The number of amides is 2. The van der Waals surface area contributed by atoms with Crippen molar-refractivity contribution in [2.24, 2.45) is 11.0 Å². The largest absolute Gasteiger partial charge is 0.481 e. The molecule has 0 aromatic carbocycles. The van der Waals surface area contributed by atoms with Gasteiger partial charge in [0, 0.05) is 33.0 Å². The Labute approximate surface area is 97.7 Å². The van der Waals surface area contributed by atoms with Crippen molar-refractivity contribution in [1.29, 1.82) is 0 Å². The Kier molecular flexibility index (Phi) is 2.83. The van der Waals surface area contributed by atoms with E-state index in [4.69, 9.17) is 5.11 Å². The molecular weight excluding hydrogens is 226 g/mol. The predicted octanol–water partition coefficient (Wildman–Crippen LogP) is -0.862. The highest BCUT2D eigenvalue weighted by molar-refractivity contribution is 6.39. The molecule has 1 saturated heterocycles. The van der Waals surface area contributed by atoms with Gasteiger partial charge in [-0.2, -0.15) is 5.10 Å². The van der Waals surface area contributed by atoms with E-state index in [2.05, 4.69) is 5.10 Å². The minimum absolute atomic E-state index is 0.117. The van der Waals surface area contributed by atoms with E-state index in [0.29, 0.717) is 12.1 Å². The van der Waals surface area contributed by atoms with Crippen molar-refractivity contribution in [3.63, 3.8) is 0 Å². The number of rotatable bonds is 2. The molecule has 2 amide bonds. The molecule has 0 spiro atoms. The van der Waals surface area contributed by atoms with E-state index < -0.39 is 11.9 Å². The van der Waals surface area contributed by atoms with Crippen LogP contribution in [0.5, 0.6) is 0 Å². The standard InChI is InChI=1S/C10H13N3O4/c1-12-8(14)3-2-7(11-12)9(15)13-4-6(5-13)10(16)17/h6H,2-5H2,1H3,(H,16,17). The fourth-order valence-corrected chi connectivity index (χ4v) is 1.81. The summed E-state index contributed by atoms with van der Waals surface area (Å²) in [5.74, 6) is -1.73. The summed E-state index contributed by atoms with van der Waals surface area (Å²) >= 11 is 0. The first kappa shape index (κ1) is 11.6. The Bertz CT molecular complexity index is 412. The molecule has 0 radical (unpaired) electrons. The molecule has 0 aromatic heterocycles. The van der Waals surface area contributed by atoms with Crippen LogP contribution >= 0.6 is 0 Å². The average molecular weight is 239 g/mol. The van der Waals surface area contributed by atoms with Crippen molar-refractivity contribution in [2.45, 2.75) is 12.8 Å². The van der Waals surface area contributed by atoms with Crippen molar-refractivity contribution in [2.75, 3.05) is 20.1 Å². The average Bonchev–Trinajstić information content (AvgIpc) is 2.19. The van der Waals surface area contributed by atoms with Gasteiger partial charge in [0.05, 0.1) is 5.92 Å². The smallest absolute Gasteiger partial charge is 0.310 e. The zero-order valence-electron chi connectivity index (χ0n) is 9.42. The Balaban J connectivity index is 1.96. The summed E-state index contributed by atoms with van der Waals surface area (Å²) in [7, 11) is 1.50. The van der Waals surface area contributed by atoms with Gasteiger partial charge < -0.3 is 10.0 Å². The third kappa shape index (κ3) is 2.13. The van der Waals surface area contributed by atoms with Crippen molar-refractivity contribution in [3.05, 3.63) is 0 Å². The van der Waals surface area contributed by atoms with Crippen LogP contribution in [0.2, 0.25) is 0 Å². The van der Waals surface area contributed by atoms with Crippen molar-refractivity contribution < 1.29 is 19.5 Å². The van der Waals surface area contributed by atoms with E-state index in [9.17, 15) is 14.4 Å². The van der Waals surface area contributed by atoms with E-state index >= 15 is 0 Å². The lowest BCUT2D eigenvalue weighted by Crippen LogP contribution is -2.55. The molecule has 7 heteroatoms. The lowest BCUT2D eigenvalue weighted by molar-refractivity contribution is -0.150. The van der Waals surface area contributed by atoms with Gasteiger partial charge >= 0.3 is 5.97 Å². The highest BCUT2D eigenvalue weighted by atomic mass is 16.4. The number of aliphatic carboxylic acids is 1. The predicted molar refractivity (Wildman–Crippen MR) is 57.1 cm³/mol. The second-order valence-electron chi connectivity index (χ2n) is 4.21. The van der Waals surface area contributed by atoms with Crippen molar-refractivity contribution in [3.8, 4) is 0 Å². The van der Waals surface area contributed by atoms with Gasteiger partial charge in [-0.05, 0) is 0 Å². The molecule has 2 aliphatic rings. The summed E-state index contributed by atoms with van der Waals surface area (Å²) in [4.78, 5) is 35.1. The third-order valence-electron chi connectivity index (χ3n) is 2.97. The molecule has 2 heterocycles. The van der Waals surface area contributed by atoms with Gasteiger partial charge in [-0.1, -0.05) is 0 Å². The minimum Gasteiger partial charge on any atom is -0.481 e. The van der Waals surface area contributed by atoms with E-state index in [1.165, 1.54) is 11.9 Å². The van der Waals surface area contributed by atoms with Crippen LogP contribution in [-0.4, -0.2) is 58.6 Å². The second-order valence-corrected chi connectivity index (χ2v) is 4.21.